The molecule has 0 fully saturated rings. The van der Waals surface area contributed by atoms with Gasteiger partial charge in [0.25, 0.3) is 5.56 Å². The summed E-state index contributed by atoms with van der Waals surface area (Å²) in [4.78, 5) is 25.4. The standard InChI is InChI=1S/C12H14N2O3/c1-7-4-11(17)13-5-8(6-15)14-10(16)3-2-9(7)12(13)14/h2-3,7-8,15H,4-6H2,1H3/t7?,8-/m0/s1. The van der Waals surface area contributed by atoms with Crippen LogP contribution in [-0.2, 0) is 4.79 Å². The van der Waals surface area contributed by atoms with E-state index in [2.05, 4.69) is 0 Å². The second kappa shape index (κ2) is 3.43. The smallest absolute Gasteiger partial charge is 0.252 e. The van der Waals surface area contributed by atoms with E-state index in [0.29, 0.717) is 18.8 Å². The number of anilines is 1. The lowest BCUT2D eigenvalue weighted by Gasteiger charge is -2.28. The van der Waals surface area contributed by atoms with Crippen molar-refractivity contribution < 1.29 is 9.90 Å². The van der Waals surface area contributed by atoms with Crippen LogP contribution in [0.5, 0.6) is 0 Å². The second-order valence-corrected chi connectivity index (χ2v) is 4.77. The summed E-state index contributed by atoms with van der Waals surface area (Å²) in [5.74, 6) is 0.874. The van der Waals surface area contributed by atoms with Gasteiger partial charge in [0.05, 0.1) is 19.2 Å². The highest BCUT2D eigenvalue weighted by molar-refractivity contribution is 5.97. The van der Waals surface area contributed by atoms with Crippen LogP contribution in [0.3, 0.4) is 0 Å². The Bertz CT molecular complexity index is 549. The van der Waals surface area contributed by atoms with Gasteiger partial charge in [-0.25, -0.2) is 0 Å². The van der Waals surface area contributed by atoms with E-state index in [1.54, 1.807) is 15.5 Å². The van der Waals surface area contributed by atoms with Gasteiger partial charge in [-0.05, 0) is 17.5 Å². The lowest BCUT2D eigenvalue weighted by Crippen LogP contribution is -2.35. The molecule has 3 rings (SSSR count). The largest absolute Gasteiger partial charge is 0.394 e. The molecule has 2 aliphatic heterocycles. The zero-order chi connectivity index (χ0) is 12.2. The third-order valence-corrected chi connectivity index (χ3v) is 3.67. The Morgan fingerprint density at radius 3 is 2.88 bits per heavy atom. The van der Waals surface area contributed by atoms with Gasteiger partial charge in [0.15, 0.2) is 0 Å². The van der Waals surface area contributed by atoms with Crippen molar-refractivity contribution in [3.63, 3.8) is 0 Å². The van der Waals surface area contributed by atoms with Gasteiger partial charge in [-0.15, -0.1) is 0 Å². The average molecular weight is 234 g/mol. The van der Waals surface area contributed by atoms with Crippen LogP contribution in [0, 0.1) is 0 Å². The summed E-state index contributed by atoms with van der Waals surface area (Å²) < 4.78 is 1.56. The van der Waals surface area contributed by atoms with E-state index in [1.807, 2.05) is 6.92 Å². The Kier molecular flexibility index (Phi) is 2.13. The number of aromatic nitrogens is 1. The summed E-state index contributed by atoms with van der Waals surface area (Å²) in [6, 6.07) is 3.03. The molecule has 0 saturated carbocycles. The number of hydrogen-bond acceptors (Lipinski definition) is 3. The van der Waals surface area contributed by atoms with Gasteiger partial charge >= 0.3 is 0 Å². The first-order valence-electron chi connectivity index (χ1n) is 5.80. The number of hydrogen-bond donors (Lipinski definition) is 1. The van der Waals surface area contributed by atoms with Crippen LogP contribution in [0.1, 0.15) is 30.9 Å². The van der Waals surface area contributed by atoms with Crippen molar-refractivity contribution >= 4 is 11.7 Å². The molecular weight excluding hydrogens is 220 g/mol. The fourth-order valence-electron chi connectivity index (χ4n) is 2.80. The predicted octanol–water partition coefficient (Wildman–Crippen LogP) is 0.236. The molecule has 1 aromatic heterocycles. The maximum atomic E-state index is 11.9. The van der Waals surface area contributed by atoms with E-state index < -0.39 is 0 Å². The number of pyridine rings is 1. The Balaban J connectivity index is 2.29. The molecule has 1 amide bonds. The first kappa shape index (κ1) is 10.5. The predicted molar refractivity (Wildman–Crippen MR) is 62.2 cm³/mol. The molecule has 1 unspecified atom stereocenters. The Morgan fingerprint density at radius 2 is 2.18 bits per heavy atom. The molecule has 3 heterocycles. The Labute approximate surface area is 98.3 Å². The summed E-state index contributed by atoms with van der Waals surface area (Å²) in [6.07, 6.45) is 0.476. The van der Waals surface area contributed by atoms with E-state index in [1.165, 1.54) is 6.07 Å². The van der Waals surface area contributed by atoms with Crippen molar-refractivity contribution in [2.24, 2.45) is 0 Å². The number of rotatable bonds is 1. The van der Waals surface area contributed by atoms with Gasteiger partial charge in [-0.2, -0.15) is 0 Å². The minimum absolute atomic E-state index is 0.0419. The monoisotopic (exact) mass is 234 g/mol. The zero-order valence-electron chi connectivity index (χ0n) is 9.59. The lowest BCUT2D eigenvalue weighted by atomic mass is 9.94. The molecule has 0 spiro atoms. The molecule has 90 valence electrons. The topological polar surface area (TPSA) is 62.5 Å². The van der Waals surface area contributed by atoms with Crippen LogP contribution in [0.15, 0.2) is 16.9 Å². The Morgan fingerprint density at radius 1 is 1.41 bits per heavy atom. The van der Waals surface area contributed by atoms with Crippen molar-refractivity contribution in [1.29, 1.82) is 0 Å². The van der Waals surface area contributed by atoms with Crippen LogP contribution >= 0.6 is 0 Å². The van der Waals surface area contributed by atoms with Gasteiger partial charge in [0.1, 0.15) is 5.82 Å². The fraction of sp³-hybridized carbons (Fsp3) is 0.500. The van der Waals surface area contributed by atoms with Gasteiger partial charge in [0, 0.05) is 12.5 Å². The lowest BCUT2D eigenvalue weighted by molar-refractivity contribution is -0.119. The van der Waals surface area contributed by atoms with Crippen LogP contribution < -0.4 is 10.5 Å². The average Bonchev–Trinajstić information content (AvgIpc) is 2.69. The fourth-order valence-corrected chi connectivity index (χ4v) is 2.80. The third-order valence-electron chi connectivity index (χ3n) is 3.67. The minimum Gasteiger partial charge on any atom is -0.394 e. The molecule has 5 nitrogen and oxygen atoms in total. The molecule has 0 aromatic carbocycles. The number of nitrogens with zero attached hydrogens (tertiary/aromatic N) is 2. The normalized spacial score (nSPS) is 26.2. The molecular formula is C12H14N2O3. The van der Waals surface area contributed by atoms with Crippen LogP contribution in [0.25, 0.3) is 0 Å². The first-order chi connectivity index (χ1) is 8.13. The molecule has 0 saturated heterocycles. The highest BCUT2D eigenvalue weighted by atomic mass is 16.3. The molecule has 1 aromatic rings. The molecule has 0 bridgehead atoms. The highest BCUT2D eigenvalue weighted by Gasteiger charge is 2.39. The maximum Gasteiger partial charge on any atom is 0.252 e. The molecule has 2 atom stereocenters. The zero-order valence-corrected chi connectivity index (χ0v) is 9.59. The number of aliphatic hydroxyl groups is 1. The van der Waals surface area contributed by atoms with Crippen LogP contribution in [-0.4, -0.2) is 28.7 Å². The molecule has 17 heavy (non-hydrogen) atoms. The van der Waals surface area contributed by atoms with E-state index in [-0.39, 0.29) is 30.0 Å². The number of carbonyl (C=O) groups excluding carboxylic acids is 1. The van der Waals surface area contributed by atoms with Crippen LogP contribution in [0.2, 0.25) is 0 Å². The molecule has 0 aliphatic carbocycles. The highest BCUT2D eigenvalue weighted by Crippen LogP contribution is 2.39. The van der Waals surface area contributed by atoms with Crippen molar-refractivity contribution in [3.05, 3.63) is 28.0 Å². The van der Waals surface area contributed by atoms with Gasteiger partial charge < -0.3 is 5.11 Å². The van der Waals surface area contributed by atoms with Gasteiger partial charge in [-0.1, -0.05) is 6.92 Å². The van der Waals surface area contributed by atoms with E-state index in [9.17, 15) is 14.7 Å². The number of carbonyl (C=O) groups is 1. The summed E-state index contributed by atoms with van der Waals surface area (Å²) in [5, 5.41) is 9.32. The molecule has 5 heteroatoms. The van der Waals surface area contributed by atoms with E-state index in [4.69, 9.17) is 0 Å². The third kappa shape index (κ3) is 1.29. The second-order valence-electron chi connectivity index (χ2n) is 4.77. The summed E-state index contributed by atoms with van der Waals surface area (Å²) >= 11 is 0. The maximum absolute atomic E-state index is 11.9. The molecule has 0 radical (unpaired) electrons. The number of aliphatic hydroxyl groups excluding tert-OH is 1. The molecule has 2 aliphatic rings. The molecule has 1 N–H and O–H groups in total. The van der Waals surface area contributed by atoms with Crippen molar-refractivity contribution in [2.45, 2.75) is 25.3 Å². The van der Waals surface area contributed by atoms with Crippen molar-refractivity contribution in [2.75, 3.05) is 18.1 Å². The van der Waals surface area contributed by atoms with Gasteiger partial charge in [0.2, 0.25) is 5.91 Å². The minimum atomic E-state index is -0.299. The van der Waals surface area contributed by atoms with Gasteiger partial charge in [-0.3, -0.25) is 19.1 Å². The van der Waals surface area contributed by atoms with Crippen LogP contribution in [0.4, 0.5) is 5.82 Å². The van der Waals surface area contributed by atoms with Crippen molar-refractivity contribution in [3.8, 4) is 0 Å². The first-order valence-corrected chi connectivity index (χ1v) is 5.80. The van der Waals surface area contributed by atoms with E-state index in [0.717, 1.165) is 5.56 Å². The Hall–Kier alpha value is -1.62. The summed E-state index contributed by atoms with van der Waals surface area (Å²) in [5.41, 5.74) is 0.882. The quantitative estimate of drug-likeness (QED) is 0.757. The number of amides is 1. The summed E-state index contributed by atoms with van der Waals surface area (Å²) in [7, 11) is 0. The van der Waals surface area contributed by atoms with Crippen molar-refractivity contribution in [1.82, 2.24) is 4.57 Å². The van der Waals surface area contributed by atoms with E-state index >= 15 is 0 Å². The summed E-state index contributed by atoms with van der Waals surface area (Å²) in [6.45, 7) is 2.28. The SMILES string of the molecule is CC1CC(=O)N2C[C@@H](CO)n3c2c1ccc3=O.